The van der Waals surface area contributed by atoms with E-state index >= 15 is 0 Å². The molecule has 38 heavy (non-hydrogen) atoms. The SMILES string of the molecule is CCONC(=O)c1cnc(Nc2cc(C)nc(C)n2)cc1Nc1cc(C)c(C2CC2)cc1N(C)S(C)(=O)=O. The van der Waals surface area contributed by atoms with Crippen LogP contribution in [0.25, 0.3) is 0 Å². The van der Waals surface area contributed by atoms with Crippen LogP contribution in [0.1, 0.15) is 58.7 Å². The molecule has 0 unspecified atom stereocenters. The maximum atomic E-state index is 12.9. The van der Waals surface area contributed by atoms with Gasteiger partial charge in [0, 0.05) is 31.1 Å². The summed E-state index contributed by atoms with van der Waals surface area (Å²) in [6.07, 6.45) is 4.75. The average molecular weight is 540 g/mol. The number of hydroxylamine groups is 1. The highest BCUT2D eigenvalue weighted by atomic mass is 32.2. The molecule has 12 heteroatoms. The Morgan fingerprint density at radius 2 is 1.79 bits per heavy atom. The van der Waals surface area contributed by atoms with Gasteiger partial charge in [0.2, 0.25) is 10.0 Å². The van der Waals surface area contributed by atoms with Crippen molar-refractivity contribution in [2.75, 3.05) is 34.8 Å². The summed E-state index contributed by atoms with van der Waals surface area (Å²) in [6, 6.07) is 7.29. The predicted molar refractivity (Wildman–Crippen MR) is 148 cm³/mol. The van der Waals surface area contributed by atoms with Crippen molar-refractivity contribution in [2.24, 2.45) is 0 Å². The average Bonchev–Trinajstić information content (AvgIpc) is 3.66. The number of carbonyl (C=O) groups excluding carboxylic acids is 1. The lowest BCUT2D eigenvalue weighted by Crippen LogP contribution is -2.26. The molecule has 3 aromatic rings. The predicted octanol–water partition coefficient (Wildman–Crippen LogP) is 4.24. The molecule has 1 aromatic carbocycles. The van der Waals surface area contributed by atoms with Gasteiger partial charge in [0.25, 0.3) is 5.91 Å². The van der Waals surface area contributed by atoms with Gasteiger partial charge in [-0.15, -0.1) is 0 Å². The fourth-order valence-corrected chi connectivity index (χ4v) is 4.65. The molecule has 4 rings (SSSR count). The van der Waals surface area contributed by atoms with Gasteiger partial charge in [0.05, 0.1) is 35.5 Å². The van der Waals surface area contributed by atoms with E-state index in [1.165, 1.54) is 17.5 Å². The maximum Gasteiger partial charge on any atom is 0.278 e. The Morgan fingerprint density at radius 1 is 1.05 bits per heavy atom. The van der Waals surface area contributed by atoms with Crippen LogP contribution in [0.3, 0.4) is 0 Å². The number of nitrogens with one attached hydrogen (secondary N) is 3. The Hall–Kier alpha value is -3.77. The van der Waals surface area contributed by atoms with Crippen LogP contribution in [0.15, 0.2) is 30.5 Å². The number of sulfonamides is 1. The molecule has 0 bridgehead atoms. The number of nitrogens with zero attached hydrogens (tertiary/aromatic N) is 4. The summed E-state index contributed by atoms with van der Waals surface area (Å²) in [5.41, 5.74) is 7.02. The number of aryl methyl sites for hydroxylation is 3. The van der Waals surface area contributed by atoms with Crippen LogP contribution in [0.5, 0.6) is 0 Å². The zero-order chi connectivity index (χ0) is 27.6. The number of anilines is 5. The number of hydrogen-bond donors (Lipinski definition) is 3. The largest absolute Gasteiger partial charge is 0.353 e. The van der Waals surface area contributed by atoms with E-state index in [2.05, 4.69) is 31.1 Å². The molecule has 0 atom stereocenters. The van der Waals surface area contributed by atoms with E-state index in [4.69, 9.17) is 4.84 Å². The molecule has 2 aromatic heterocycles. The minimum absolute atomic E-state index is 0.218. The minimum atomic E-state index is -3.55. The molecule has 202 valence electrons. The van der Waals surface area contributed by atoms with Crippen molar-refractivity contribution in [2.45, 2.75) is 46.5 Å². The van der Waals surface area contributed by atoms with Crippen LogP contribution in [0.2, 0.25) is 0 Å². The summed E-state index contributed by atoms with van der Waals surface area (Å²) < 4.78 is 26.3. The molecule has 11 nitrogen and oxygen atoms in total. The standard InChI is InChI=1S/C26H33N7O4S/c1-7-37-32-26(34)20-14-27-24(31-25-11-16(3)28-17(4)29-25)13-21(20)30-22-10-15(2)19(18-8-9-18)12-23(22)33(5)38(6,35)36/h10-14,18H,7-9H2,1-6H3,(H,32,34)(H2,27,28,29,30,31). The lowest BCUT2D eigenvalue weighted by molar-refractivity contribution is 0.0365. The molecule has 1 saturated carbocycles. The molecule has 1 fully saturated rings. The second kappa shape index (κ2) is 10.9. The van der Waals surface area contributed by atoms with Gasteiger partial charge in [-0.1, -0.05) is 0 Å². The minimum Gasteiger partial charge on any atom is -0.353 e. The van der Waals surface area contributed by atoms with E-state index in [1.807, 2.05) is 26.0 Å². The summed E-state index contributed by atoms with van der Waals surface area (Å²) in [7, 11) is -2.03. The fourth-order valence-electron chi connectivity index (χ4n) is 4.14. The molecule has 3 N–H and O–H groups in total. The summed E-state index contributed by atoms with van der Waals surface area (Å²) >= 11 is 0. The van der Waals surface area contributed by atoms with Gasteiger partial charge in [0.15, 0.2) is 0 Å². The van der Waals surface area contributed by atoms with Crippen LogP contribution in [-0.4, -0.2) is 49.2 Å². The van der Waals surface area contributed by atoms with Crippen molar-refractivity contribution < 1.29 is 18.0 Å². The summed E-state index contributed by atoms with van der Waals surface area (Å²) in [6.45, 7) is 7.72. The molecule has 1 aliphatic carbocycles. The van der Waals surface area contributed by atoms with Gasteiger partial charge in [-0.05, 0) is 69.7 Å². The van der Waals surface area contributed by atoms with Crippen LogP contribution in [0, 0.1) is 20.8 Å². The van der Waals surface area contributed by atoms with Crippen molar-refractivity contribution in [1.29, 1.82) is 0 Å². The van der Waals surface area contributed by atoms with Gasteiger partial charge in [0.1, 0.15) is 17.5 Å². The monoisotopic (exact) mass is 539 g/mol. The van der Waals surface area contributed by atoms with Gasteiger partial charge in [-0.3, -0.25) is 13.9 Å². The zero-order valence-electron chi connectivity index (χ0n) is 22.4. The van der Waals surface area contributed by atoms with E-state index in [0.717, 1.165) is 35.9 Å². The van der Waals surface area contributed by atoms with Crippen LogP contribution < -0.4 is 20.4 Å². The summed E-state index contributed by atoms with van der Waals surface area (Å²) in [5.74, 6) is 1.54. The second-order valence-corrected chi connectivity index (χ2v) is 11.4. The quantitative estimate of drug-likeness (QED) is 0.323. The second-order valence-electron chi connectivity index (χ2n) is 9.40. The van der Waals surface area contributed by atoms with E-state index in [-0.39, 0.29) is 5.56 Å². The lowest BCUT2D eigenvalue weighted by atomic mass is 10.0. The molecule has 0 spiro atoms. The van der Waals surface area contributed by atoms with E-state index in [9.17, 15) is 13.2 Å². The topological polar surface area (TPSA) is 138 Å². The van der Waals surface area contributed by atoms with Crippen LogP contribution in [0.4, 0.5) is 28.7 Å². The number of benzene rings is 1. The molecule has 2 heterocycles. The first-order valence-electron chi connectivity index (χ1n) is 12.3. The third kappa shape index (κ3) is 6.37. The third-order valence-corrected chi connectivity index (χ3v) is 7.38. The number of carbonyl (C=O) groups is 1. The lowest BCUT2D eigenvalue weighted by Gasteiger charge is -2.24. The van der Waals surface area contributed by atoms with Crippen molar-refractivity contribution >= 4 is 44.6 Å². The Labute approximate surface area is 223 Å². The number of rotatable bonds is 10. The van der Waals surface area contributed by atoms with Gasteiger partial charge in [-0.25, -0.2) is 28.8 Å². The zero-order valence-corrected chi connectivity index (χ0v) is 23.2. The van der Waals surface area contributed by atoms with Gasteiger partial charge >= 0.3 is 0 Å². The Bertz CT molecular complexity index is 1450. The fraction of sp³-hybridized carbons (Fsp3) is 0.385. The van der Waals surface area contributed by atoms with E-state index in [0.29, 0.717) is 47.0 Å². The Kier molecular flexibility index (Phi) is 7.83. The molecule has 0 aliphatic heterocycles. The maximum absolute atomic E-state index is 12.9. The highest BCUT2D eigenvalue weighted by molar-refractivity contribution is 7.92. The Morgan fingerprint density at radius 3 is 2.42 bits per heavy atom. The van der Waals surface area contributed by atoms with Gasteiger partial charge < -0.3 is 10.6 Å². The first-order valence-corrected chi connectivity index (χ1v) is 14.2. The van der Waals surface area contributed by atoms with Crippen LogP contribution in [-0.2, 0) is 14.9 Å². The molecule has 1 aliphatic rings. The normalized spacial score (nSPS) is 13.2. The molecule has 0 radical (unpaired) electrons. The van der Waals surface area contributed by atoms with E-state index in [1.54, 1.807) is 26.0 Å². The highest BCUT2D eigenvalue weighted by Crippen LogP contribution is 2.45. The third-order valence-electron chi connectivity index (χ3n) is 6.19. The van der Waals surface area contributed by atoms with Crippen LogP contribution >= 0.6 is 0 Å². The number of aromatic nitrogens is 3. The number of pyridine rings is 1. The molecular formula is C26H33N7O4S. The van der Waals surface area contributed by atoms with E-state index < -0.39 is 15.9 Å². The number of hydrogen-bond acceptors (Lipinski definition) is 9. The molecular weight excluding hydrogens is 506 g/mol. The first-order chi connectivity index (χ1) is 18.0. The van der Waals surface area contributed by atoms with Crippen molar-refractivity contribution in [1.82, 2.24) is 20.4 Å². The highest BCUT2D eigenvalue weighted by Gasteiger charge is 2.28. The smallest absolute Gasteiger partial charge is 0.278 e. The van der Waals surface area contributed by atoms with Crippen molar-refractivity contribution in [3.63, 3.8) is 0 Å². The van der Waals surface area contributed by atoms with Gasteiger partial charge in [-0.2, -0.15) is 0 Å². The van der Waals surface area contributed by atoms with Crippen molar-refractivity contribution in [3.05, 3.63) is 58.7 Å². The molecule has 1 amide bonds. The first kappa shape index (κ1) is 27.3. The molecule has 0 saturated heterocycles. The summed E-state index contributed by atoms with van der Waals surface area (Å²) in [5, 5.41) is 6.45. The Balaban J connectivity index is 1.78. The number of amides is 1. The van der Waals surface area contributed by atoms with Crippen molar-refractivity contribution in [3.8, 4) is 0 Å². The summed E-state index contributed by atoms with van der Waals surface area (Å²) in [4.78, 5) is 31.1.